The number of ether oxygens (including phenoxy) is 1. The van der Waals surface area contributed by atoms with Crippen LogP contribution in [0.1, 0.15) is 37.8 Å². The number of carbonyl (C=O) groups is 1. The van der Waals surface area contributed by atoms with Crippen LogP contribution in [0.3, 0.4) is 0 Å². The second-order valence-electron chi connectivity index (χ2n) is 8.28. The lowest BCUT2D eigenvalue weighted by Crippen LogP contribution is -2.46. The Morgan fingerprint density at radius 1 is 1.13 bits per heavy atom. The molecule has 0 saturated carbocycles. The van der Waals surface area contributed by atoms with Crippen molar-refractivity contribution < 1.29 is 9.53 Å². The largest absolute Gasteiger partial charge is 0.491 e. The molecule has 0 bridgehead atoms. The minimum Gasteiger partial charge on any atom is -0.491 e. The lowest BCUT2D eigenvalue weighted by molar-refractivity contribution is -0.134. The molecule has 0 radical (unpaired) electrons. The first-order valence-corrected chi connectivity index (χ1v) is 11.2. The maximum Gasteiger partial charge on any atom is 0.227 e. The summed E-state index contributed by atoms with van der Waals surface area (Å²) < 4.78 is 5.70. The zero-order chi connectivity index (χ0) is 21.7. The second kappa shape index (κ2) is 10.5. The van der Waals surface area contributed by atoms with Crippen LogP contribution in [0.2, 0.25) is 10.0 Å². The first-order chi connectivity index (χ1) is 14.3. The molecule has 0 aliphatic carbocycles. The summed E-state index contributed by atoms with van der Waals surface area (Å²) >= 11 is 12.5. The molecule has 0 unspecified atom stereocenters. The van der Waals surface area contributed by atoms with Gasteiger partial charge in [0, 0.05) is 22.6 Å². The number of halogens is 2. The predicted octanol–water partition coefficient (Wildman–Crippen LogP) is 5.45. The van der Waals surface area contributed by atoms with Gasteiger partial charge >= 0.3 is 0 Å². The third-order valence-electron chi connectivity index (χ3n) is 5.46. The fraction of sp³-hybridized carbons (Fsp3) is 0.458. The minimum absolute atomic E-state index is 0.119. The number of benzene rings is 2. The molecule has 0 N–H and O–H groups in total. The highest BCUT2D eigenvalue weighted by molar-refractivity contribution is 6.35. The number of nitrogens with zero attached hydrogens (tertiary/aromatic N) is 2. The van der Waals surface area contributed by atoms with E-state index in [1.165, 1.54) is 0 Å². The Morgan fingerprint density at radius 2 is 1.80 bits per heavy atom. The van der Waals surface area contributed by atoms with E-state index < -0.39 is 0 Å². The quantitative estimate of drug-likeness (QED) is 0.564. The van der Waals surface area contributed by atoms with Crippen LogP contribution in [-0.4, -0.2) is 48.0 Å². The molecule has 30 heavy (non-hydrogen) atoms. The van der Waals surface area contributed by atoms with Crippen LogP contribution < -0.4 is 4.74 Å². The van der Waals surface area contributed by atoms with Crippen molar-refractivity contribution >= 4 is 29.1 Å². The highest BCUT2D eigenvalue weighted by atomic mass is 35.5. The number of amides is 1. The highest BCUT2D eigenvalue weighted by Crippen LogP contribution is 2.26. The van der Waals surface area contributed by atoms with Gasteiger partial charge in [0.2, 0.25) is 5.91 Å². The summed E-state index contributed by atoms with van der Waals surface area (Å²) in [5.41, 5.74) is 1.91. The standard InChI is InChI=1S/C24H30Cl2N2O2/c1-17(2)30-22-8-4-18(5-9-22)14-24(29)28(21-10-12-27(3)13-11-21)16-19-6-7-20(25)15-23(19)26/h4-9,15,17,21H,10-14,16H2,1-3H3. The smallest absolute Gasteiger partial charge is 0.227 e. The van der Waals surface area contributed by atoms with E-state index in [1.54, 1.807) is 6.07 Å². The van der Waals surface area contributed by atoms with Crippen LogP contribution in [0.15, 0.2) is 42.5 Å². The van der Waals surface area contributed by atoms with Crippen molar-refractivity contribution in [3.05, 3.63) is 63.6 Å². The molecule has 1 aliphatic rings. The van der Waals surface area contributed by atoms with E-state index >= 15 is 0 Å². The molecule has 2 aromatic rings. The van der Waals surface area contributed by atoms with Crippen molar-refractivity contribution in [2.75, 3.05) is 20.1 Å². The summed E-state index contributed by atoms with van der Waals surface area (Å²) in [5.74, 6) is 0.939. The zero-order valence-electron chi connectivity index (χ0n) is 17.9. The fourth-order valence-corrected chi connectivity index (χ4v) is 4.26. The van der Waals surface area contributed by atoms with Gasteiger partial charge in [0.25, 0.3) is 0 Å². The molecular weight excluding hydrogens is 419 g/mol. The molecule has 1 saturated heterocycles. The van der Waals surface area contributed by atoms with Crippen molar-refractivity contribution in [2.45, 2.75) is 51.8 Å². The molecule has 1 fully saturated rings. The van der Waals surface area contributed by atoms with Crippen LogP contribution in [0.5, 0.6) is 5.75 Å². The Balaban J connectivity index is 1.75. The number of rotatable bonds is 7. The van der Waals surface area contributed by atoms with Gasteiger partial charge in [-0.2, -0.15) is 0 Å². The molecule has 1 heterocycles. The molecule has 2 aromatic carbocycles. The van der Waals surface area contributed by atoms with Crippen molar-refractivity contribution in [3.63, 3.8) is 0 Å². The summed E-state index contributed by atoms with van der Waals surface area (Å²) in [4.78, 5) is 17.7. The second-order valence-corrected chi connectivity index (χ2v) is 9.12. The van der Waals surface area contributed by atoms with Crippen molar-refractivity contribution in [3.8, 4) is 5.75 Å². The summed E-state index contributed by atoms with van der Waals surface area (Å²) in [6.07, 6.45) is 2.42. The molecular formula is C24H30Cl2N2O2. The topological polar surface area (TPSA) is 32.8 Å². The van der Waals surface area contributed by atoms with Gasteiger partial charge in [-0.05, 0) is 82.2 Å². The normalized spacial score (nSPS) is 15.4. The van der Waals surface area contributed by atoms with Crippen molar-refractivity contribution in [1.29, 1.82) is 0 Å². The van der Waals surface area contributed by atoms with E-state index in [9.17, 15) is 4.79 Å². The molecule has 3 rings (SSSR count). The molecule has 162 valence electrons. The predicted molar refractivity (Wildman–Crippen MR) is 123 cm³/mol. The minimum atomic E-state index is 0.119. The number of piperidine rings is 1. The first kappa shape index (κ1) is 22.9. The Hall–Kier alpha value is -1.75. The fourth-order valence-electron chi connectivity index (χ4n) is 3.80. The lowest BCUT2D eigenvalue weighted by Gasteiger charge is -2.37. The molecule has 1 amide bonds. The monoisotopic (exact) mass is 448 g/mol. The third-order valence-corrected chi connectivity index (χ3v) is 6.04. The maximum atomic E-state index is 13.4. The van der Waals surface area contributed by atoms with Crippen LogP contribution in [-0.2, 0) is 17.8 Å². The van der Waals surface area contributed by atoms with E-state index in [1.807, 2.05) is 55.1 Å². The van der Waals surface area contributed by atoms with Gasteiger partial charge in [-0.15, -0.1) is 0 Å². The van der Waals surface area contributed by atoms with Gasteiger partial charge in [0.15, 0.2) is 0 Å². The Labute approximate surface area is 189 Å². The number of hydrogen-bond acceptors (Lipinski definition) is 3. The van der Waals surface area contributed by atoms with Crippen molar-refractivity contribution in [1.82, 2.24) is 9.80 Å². The lowest BCUT2D eigenvalue weighted by atomic mass is 10.0. The van der Waals surface area contributed by atoms with Gasteiger partial charge in [-0.25, -0.2) is 0 Å². The zero-order valence-corrected chi connectivity index (χ0v) is 19.4. The van der Waals surface area contributed by atoms with E-state index in [0.717, 1.165) is 42.8 Å². The summed E-state index contributed by atoms with van der Waals surface area (Å²) in [5, 5.41) is 1.20. The van der Waals surface area contributed by atoms with Gasteiger partial charge in [-0.3, -0.25) is 4.79 Å². The van der Waals surface area contributed by atoms with Crippen LogP contribution in [0.4, 0.5) is 0 Å². The number of hydrogen-bond donors (Lipinski definition) is 0. The number of carbonyl (C=O) groups excluding carboxylic acids is 1. The average Bonchev–Trinajstić information content (AvgIpc) is 2.69. The maximum absolute atomic E-state index is 13.4. The molecule has 1 aliphatic heterocycles. The molecule has 6 heteroatoms. The van der Waals surface area contributed by atoms with Crippen molar-refractivity contribution in [2.24, 2.45) is 0 Å². The summed E-state index contributed by atoms with van der Waals surface area (Å²) in [6, 6.07) is 13.5. The SMILES string of the molecule is CC(C)Oc1ccc(CC(=O)N(Cc2ccc(Cl)cc2Cl)C2CCN(C)CC2)cc1. The Bertz CT molecular complexity index is 847. The highest BCUT2D eigenvalue weighted by Gasteiger charge is 2.27. The van der Waals surface area contributed by atoms with Crippen LogP contribution in [0, 0.1) is 0 Å². The first-order valence-electron chi connectivity index (χ1n) is 10.5. The van der Waals surface area contributed by atoms with Gasteiger partial charge in [0.1, 0.15) is 5.75 Å². The third kappa shape index (κ3) is 6.37. The molecule has 4 nitrogen and oxygen atoms in total. The summed E-state index contributed by atoms with van der Waals surface area (Å²) in [6.45, 7) is 6.48. The van der Waals surface area contributed by atoms with E-state index in [4.69, 9.17) is 27.9 Å². The van der Waals surface area contributed by atoms with Crippen LogP contribution in [0.25, 0.3) is 0 Å². The summed E-state index contributed by atoms with van der Waals surface area (Å²) in [7, 11) is 2.12. The average molecular weight is 449 g/mol. The Morgan fingerprint density at radius 3 is 2.40 bits per heavy atom. The van der Waals surface area contributed by atoms with Crippen LogP contribution >= 0.6 is 23.2 Å². The number of likely N-dealkylation sites (tertiary alicyclic amines) is 1. The molecule has 0 spiro atoms. The van der Waals surface area contributed by atoms with E-state index in [0.29, 0.717) is 23.0 Å². The molecule has 0 atom stereocenters. The van der Waals surface area contributed by atoms with E-state index in [-0.39, 0.29) is 18.1 Å². The van der Waals surface area contributed by atoms with E-state index in [2.05, 4.69) is 11.9 Å². The Kier molecular flexibility index (Phi) is 8.04. The van der Waals surface area contributed by atoms with Gasteiger partial charge < -0.3 is 14.5 Å². The molecule has 0 aromatic heterocycles. The van der Waals surface area contributed by atoms with Gasteiger partial charge in [-0.1, -0.05) is 41.4 Å². The van der Waals surface area contributed by atoms with Gasteiger partial charge in [0.05, 0.1) is 12.5 Å².